The summed E-state index contributed by atoms with van der Waals surface area (Å²) in [6.07, 6.45) is 6.72. The molecule has 0 radical (unpaired) electrons. The average Bonchev–Trinajstić information content (AvgIpc) is 3.25. The molecular weight excluding hydrogens is 294 g/mol. The highest BCUT2D eigenvalue weighted by Crippen LogP contribution is 2.24. The number of carbonyl (C=O) groups is 1. The summed E-state index contributed by atoms with van der Waals surface area (Å²) < 4.78 is 6.94. The lowest BCUT2D eigenvalue weighted by Gasteiger charge is -2.31. The molecule has 0 spiro atoms. The summed E-state index contributed by atoms with van der Waals surface area (Å²) in [6, 6.07) is 3.84. The zero-order valence-electron chi connectivity index (χ0n) is 13.6. The maximum Gasteiger partial charge on any atom is 0.242 e. The van der Waals surface area contributed by atoms with Crippen LogP contribution in [0.5, 0.6) is 0 Å². The highest BCUT2D eigenvalue weighted by atomic mass is 16.5. The van der Waals surface area contributed by atoms with Crippen molar-refractivity contribution >= 4 is 11.7 Å². The van der Waals surface area contributed by atoms with Crippen molar-refractivity contribution in [1.82, 2.24) is 19.8 Å². The van der Waals surface area contributed by atoms with Gasteiger partial charge in [-0.2, -0.15) is 5.10 Å². The van der Waals surface area contributed by atoms with Crippen molar-refractivity contribution in [1.29, 1.82) is 0 Å². The van der Waals surface area contributed by atoms with Crippen molar-refractivity contribution in [3.8, 4) is 0 Å². The summed E-state index contributed by atoms with van der Waals surface area (Å²) in [4.78, 5) is 14.9. The molecule has 1 amide bonds. The molecule has 3 rings (SSSR count). The minimum Gasteiger partial charge on any atom is -0.360 e. The van der Waals surface area contributed by atoms with E-state index in [0.29, 0.717) is 17.6 Å². The minimum absolute atomic E-state index is 0.0202. The number of hydrogen-bond acceptors (Lipinski definition) is 5. The first kappa shape index (κ1) is 15.7. The van der Waals surface area contributed by atoms with Gasteiger partial charge in [-0.3, -0.25) is 14.4 Å². The van der Waals surface area contributed by atoms with E-state index < -0.39 is 0 Å². The Hall–Kier alpha value is -2.15. The maximum absolute atomic E-state index is 12.6. The van der Waals surface area contributed by atoms with Crippen LogP contribution in [0.25, 0.3) is 0 Å². The predicted molar refractivity (Wildman–Crippen MR) is 85.9 cm³/mol. The van der Waals surface area contributed by atoms with Gasteiger partial charge < -0.3 is 9.84 Å². The maximum atomic E-state index is 12.6. The summed E-state index contributed by atoms with van der Waals surface area (Å²) in [5.41, 5.74) is 0. The molecule has 0 saturated carbocycles. The molecule has 2 aromatic rings. The van der Waals surface area contributed by atoms with Crippen LogP contribution in [-0.4, -0.2) is 44.4 Å². The van der Waals surface area contributed by atoms with Crippen molar-refractivity contribution in [2.75, 3.05) is 11.9 Å². The number of hydrogen-bond donors (Lipinski definition) is 1. The molecule has 0 bridgehead atoms. The Morgan fingerprint density at radius 2 is 2.43 bits per heavy atom. The van der Waals surface area contributed by atoms with E-state index in [1.165, 1.54) is 0 Å². The fourth-order valence-electron chi connectivity index (χ4n) is 3.29. The number of likely N-dealkylation sites (tertiary alicyclic amines) is 1. The first-order valence-electron chi connectivity index (χ1n) is 8.14. The van der Waals surface area contributed by atoms with Gasteiger partial charge in [0.2, 0.25) is 5.91 Å². The van der Waals surface area contributed by atoms with Crippen LogP contribution >= 0.6 is 0 Å². The monoisotopic (exact) mass is 317 g/mol. The highest BCUT2D eigenvalue weighted by molar-refractivity contribution is 5.94. The number of aryl methyl sites for hydroxylation is 1. The van der Waals surface area contributed by atoms with Crippen molar-refractivity contribution in [3.63, 3.8) is 0 Å². The molecule has 3 heterocycles. The van der Waals surface area contributed by atoms with Gasteiger partial charge in [0.1, 0.15) is 5.76 Å². The molecule has 2 aromatic heterocycles. The number of anilines is 1. The molecule has 2 atom stereocenters. The van der Waals surface area contributed by atoms with Crippen LogP contribution in [0, 0.1) is 6.92 Å². The Balaban J connectivity index is 1.67. The van der Waals surface area contributed by atoms with E-state index in [1.807, 2.05) is 23.9 Å². The number of aromatic nitrogens is 3. The molecule has 0 unspecified atom stereocenters. The molecule has 1 fully saturated rings. The molecule has 1 aliphatic heterocycles. The lowest BCUT2D eigenvalue weighted by molar-refractivity contribution is -0.122. The first-order chi connectivity index (χ1) is 11.2. The van der Waals surface area contributed by atoms with E-state index in [1.54, 1.807) is 19.2 Å². The van der Waals surface area contributed by atoms with Crippen LogP contribution in [0.1, 0.15) is 31.9 Å². The standard InChI is InChI=1S/C16H23N5O2/c1-3-14(16(22)18-15-10-12(2)23-19-15)21-9-4-6-13(21)11-20-8-5-7-17-20/h5,7-8,10,13-14H,3-4,6,9,11H2,1-2H3,(H,18,19,22)/t13-,14-/m1/s1. The fraction of sp³-hybridized carbons (Fsp3) is 0.562. The Labute approximate surface area is 135 Å². The molecule has 7 heteroatoms. The van der Waals surface area contributed by atoms with Gasteiger partial charge >= 0.3 is 0 Å². The second-order valence-corrected chi connectivity index (χ2v) is 6.00. The van der Waals surface area contributed by atoms with E-state index in [4.69, 9.17) is 4.52 Å². The van der Waals surface area contributed by atoms with Gasteiger partial charge in [0.05, 0.1) is 12.6 Å². The van der Waals surface area contributed by atoms with Crippen LogP contribution in [-0.2, 0) is 11.3 Å². The van der Waals surface area contributed by atoms with E-state index >= 15 is 0 Å². The van der Waals surface area contributed by atoms with Gasteiger partial charge in [0.15, 0.2) is 5.82 Å². The second kappa shape index (κ2) is 6.95. The molecule has 0 aromatic carbocycles. The number of amides is 1. The summed E-state index contributed by atoms with van der Waals surface area (Å²) in [5.74, 6) is 1.15. The van der Waals surface area contributed by atoms with Gasteiger partial charge in [-0.25, -0.2) is 0 Å². The molecule has 23 heavy (non-hydrogen) atoms. The topological polar surface area (TPSA) is 76.2 Å². The summed E-state index contributed by atoms with van der Waals surface area (Å²) in [6.45, 7) is 5.61. The number of carbonyl (C=O) groups excluding carboxylic acids is 1. The Morgan fingerprint density at radius 1 is 1.57 bits per heavy atom. The molecule has 1 saturated heterocycles. The van der Waals surface area contributed by atoms with E-state index in [0.717, 1.165) is 32.4 Å². The van der Waals surface area contributed by atoms with Crippen LogP contribution < -0.4 is 5.32 Å². The quantitative estimate of drug-likeness (QED) is 0.882. The highest BCUT2D eigenvalue weighted by Gasteiger charge is 2.34. The molecule has 0 aliphatic carbocycles. The van der Waals surface area contributed by atoms with E-state index in [2.05, 4.69) is 20.5 Å². The fourth-order valence-corrected chi connectivity index (χ4v) is 3.29. The average molecular weight is 317 g/mol. The summed E-state index contributed by atoms with van der Waals surface area (Å²) >= 11 is 0. The second-order valence-electron chi connectivity index (χ2n) is 6.00. The Kier molecular flexibility index (Phi) is 4.76. The largest absolute Gasteiger partial charge is 0.360 e. The van der Waals surface area contributed by atoms with Crippen molar-refractivity contribution in [3.05, 3.63) is 30.3 Å². The smallest absolute Gasteiger partial charge is 0.242 e. The SMILES string of the molecule is CC[C@H](C(=O)Nc1cc(C)on1)N1CCC[C@@H]1Cn1cccn1. The number of rotatable bonds is 6. The van der Waals surface area contributed by atoms with Gasteiger partial charge in [0.25, 0.3) is 0 Å². The van der Waals surface area contributed by atoms with Crippen molar-refractivity contribution in [2.45, 2.75) is 51.7 Å². The Morgan fingerprint density at radius 3 is 3.09 bits per heavy atom. The summed E-state index contributed by atoms with van der Waals surface area (Å²) in [7, 11) is 0. The van der Waals surface area contributed by atoms with Gasteiger partial charge in [0, 0.05) is 24.5 Å². The lowest BCUT2D eigenvalue weighted by atomic mass is 10.1. The lowest BCUT2D eigenvalue weighted by Crippen LogP contribution is -2.47. The van der Waals surface area contributed by atoms with Gasteiger partial charge in [-0.15, -0.1) is 0 Å². The third kappa shape index (κ3) is 3.61. The Bertz CT molecular complexity index is 637. The molecule has 1 aliphatic rings. The zero-order valence-corrected chi connectivity index (χ0v) is 13.6. The minimum atomic E-state index is -0.157. The molecule has 7 nitrogen and oxygen atoms in total. The van der Waals surface area contributed by atoms with E-state index in [9.17, 15) is 4.79 Å². The van der Waals surface area contributed by atoms with Crippen LogP contribution in [0.3, 0.4) is 0 Å². The van der Waals surface area contributed by atoms with Crippen LogP contribution in [0.15, 0.2) is 29.0 Å². The third-order valence-electron chi connectivity index (χ3n) is 4.35. The van der Waals surface area contributed by atoms with Crippen molar-refractivity contribution < 1.29 is 9.32 Å². The molecule has 124 valence electrons. The summed E-state index contributed by atoms with van der Waals surface area (Å²) in [5, 5.41) is 11.0. The van der Waals surface area contributed by atoms with E-state index in [-0.39, 0.29) is 11.9 Å². The normalized spacial score (nSPS) is 19.8. The van der Waals surface area contributed by atoms with Gasteiger partial charge in [-0.1, -0.05) is 12.1 Å². The molecule has 1 N–H and O–H groups in total. The van der Waals surface area contributed by atoms with Crippen LogP contribution in [0.2, 0.25) is 0 Å². The predicted octanol–water partition coefficient (Wildman–Crippen LogP) is 2.06. The third-order valence-corrected chi connectivity index (χ3v) is 4.35. The zero-order chi connectivity index (χ0) is 16.2. The number of nitrogens with one attached hydrogen (secondary N) is 1. The van der Waals surface area contributed by atoms with Crippen molar-refractivity contribution in [2.24, 2.45) is 0 Å². The molecular formula is C16H23N5O2. The van der Waals surface area contributed by atoms with Crippen LogP contribution in [0.4, 0.5) is 5.82 Å². The number of nitrogens with zero attached hydrogens (tertiary/aromatic N) is 4. The van der Waals surface area contributed by atoms with Gasteiger partial charge in [-0.05, 0) is 38.8 Å². The first-order valence-corrected chi connectivity index (χ1v) is 8.14.